The van der Waals surface area contributed by atoms with Gasteiger partial charge in [0.1, 0.15) is 30.0 Å². The Hall–Kier alpha value is -4.53. The summed E-state index contributed by atoms with van der Waals surface area (Å²) in [5.74, 6) is -2.20. The zero-order valence-corrected chi connectivity index (χ0v) is 22.6. The Bertz CT molecular complexity index is 1380. The average molecular weight is 557 g/mol. The molecule has 0 spiro atoms. The van der Waals surface area contributed by atoms with Crippen molar-refractivity contribution in [3.63, 3.8) is 0 Å². The smallest absolute Gasteiger partial charge is 0.246 e. The summed E-state index contributed by atoms with van der Waals surface area (Å²) in [6.07, 6.45) is 1.61. The van der Waals surface area contributed by atoms with Crippen molar-refractivity contribution in [2.24, 2.45) is 0 Å². The highest BCUT2D eigenvalue weighted by Gasteiger charge is 2.40. The molecule has 0 unspecified atom stereocenters. The quantitative estimate of drug-likeness (QED) is 0.433. The molecule has 3 aromatic rings. The van der Waals surface area contributed by atoms with Crippen molar-refractivity contribution < 1.29 is 23.6 Å². The van der Waals surface area contributed by atoms with E-state index in [1.165, 1.54) is 17.0 Å². The highest BCUT2D eigenvalue weighted by atomic mass is 19.1. The summed E-state index contributed by atoms with van der Waals surface area (Å²) in [6.45, 7) is 0.382. The van der Waals surface area contributed by atoms with E-state index in [1.54, 1.807) is 12.1 Å². The van der Waals surface area contributed by atoms with E-state index in [4.69, 9.17) is 0 Å². The summed E-state index contributed by atoms with van der Waals surface area (Å²) in [4.78, 5) is 56.4. The molecule has 2 saturated heterocycles. The van der Waals surface area contributed by atoms with Crippen molar-refractivity contribution in [3.8, 4) is 0 Å². The first kappa shape index (κ1) is 28.0. The highest BCUT2D eigenvalue weighted by Crippen LogP contribution is 2.21. The van der Waals surface area contributed by atoms with Crippen molar-refractivity contribution in [1.29, 1.82) is 0 Å². The molecule has 9 heteroatoms. The number of nitrogens with one attached hydrogen (secondary N) is 3. The minimum absolute atomic E-state index is 0.0719. The molecule has 3 aromatic carbocycles. The zero-order valence-electron chi connectivity index (χ0n) is 22.6. The van der Waals surface area contributed by atoms with E-state index in [1.807, 2.05) is 60.7 Å². The van der Waals surface area contributed by atoms with Crippen molar-refractivity contribution in [3.05, 3.63) is 107 Å². The van der Waals surface area contributed by atoms with Crippen molar-refractivity contribution in [2.75, 3.05) is 6.54 Å². The van der Waals surface area contributed by atoms with Gasteiger partial charge in [-0.15, -0.1) is 0 Å². The molecule has 0 radical (unpaired) electrons. The fourth-order valence-electron chi connectivity index (χ4n) is 5.49. The molecule has 5 rings (SSSR count). The van der Waals surface area contributed by atoms with E-state index in [-0.39, 0.29) is 25.2 Å². The standard InChI is InChI=1S/C32H33FN4O4/c33-24-15-13-23(14-16-24)19-25-30(39)36-27(20-22-10-5-2-6-11-22)32(41)37-17-7-12-28(37)31(40)35-26(29(38)34-25)18-21-8-3-1-4-9-21/h1-6,8-11,13-16,25-28H,7,12,17-20H2,(H,34,38)(H,35,40)(H,36,39)/t25-,26+,27+,28-/m1/s1. The van der Waals surface area contributed by atoms with Crippen LogP contribution in [0.1, 0.15) is 29.5 Å². The number of halogens is 1. The monoisotopic (exact) mass is 556 g/mol. The van der Waals surface area contributed by atoms with Gasteiger partial charge in [0.2, 0.25) is 23.6 Å². The molecule has 0 bridgehead atoms. The van der Waals surface area contributed by atoms with Gasteiger partial charge in [0.15, 0.2) is 0 Å². The molecule has 2 heterocycles. The minimum Gasteiger partial charge on any atom is -0.342 e. The second-order valence-corrected chi connectivity index (χ2v) is 10.6. The third-order valence-electron chi connectivity index (χ3n) is 7.64. The zero-order chi connectivity index (χ0) is 28.8. The van der Waals surface area contributed by atoms with Crippen LogP contribution in [0.4, 0.5) is 4.39 Å². The van der Waals surface area contributed by atoms with E-state index < -0.39 is 47.7 Å². The molecule has 8 nitrogen and oxygen atoms in total. The molecule has 41 heavy (non-hydrogen) atoms. The number of benzene rings is 3. The molecule has 4 atom stereocenters. The maximum atomic E-state index is 13.9. The van der Waals surface area contributed by atoms with Gasteiger partial charge in [-0.3, -0.25) is 19.2 Å². The van der Waals surface area contributed by atoms with Gasteiger partial charge in [-0.05, 0) is 41.7 Å². The molecular weight excluding hydrogens is 523 g/mol. The van der Waals surface area contributed by atoms with Crippen LogP contribution in [0.3, 0.4) is 0 Å². The Morgan fingerprint density at radius 1 is 0.610 bits per heavy atom. The summed E-state index contributed by atoms with van der Waals surface area (Å²) in [5, 5.41) is 8.56. The van der Waals surface area contributed by atoms with Crippen LogP contribution in [0, 0.1) is 5.82 Å². The van der Waals surface area contributed by atoms with Crippen LogP contribution >= 0.6 is 0 Å². The van der Waals surface area contributed by atoms with E-state index in [0.717, 1.165) is 11.1 Å². The Balaban J connectivity index is 1.49. The highest BCUT2D eigenvalue weighted by molar-refractivity contribution is 5.98. The first-order valence-electron chi connectivity index (χ1n) is 13.9. The lowest BCUT2D eigenvalue weighted by Gasteiger charge is -2.32. The van der Waals surface area contributed by atoms with Gasteiger partial charge in [0.05, 0.1) is 0 Å². The Morgan fingerprint density at radius 3 is 1.63 bits per heavy atom. The third-order valence-corrected chi connectivity index (χ3v) is 7.64. The molecular formula is C32H33FN4O4. The number of carbonyl (C=O) groups excluding carboxylic acids is 4. The van der Waals surface area contributed by atoms with Crippen LogP contribution in [-0.4, -0.2) is 59.2 Å². The van der Waals surface area contributed by atoms with Gasteiger partial charge < -0.3 is 20.9 Å². The Kier molecular flexibility index (Phi) is 8.72. The lowest BCUT2D eigenvalue weighted by atomic mass is 9.99. The summed E-state index contributed by atoms with van der Waals surface area (Å²) < 4.78 is 13.6. The number of carbonyl (C=O) groups is 4. The number of hydrogen-bond acceptors (Lipinski definition) is 4. The maximum Gasteiger partial charge on any atom is 0.246 e. The minimum atomic E-state index is -1.07. The van der Waals surface area contributed by atoms with E-state index in [2.05, 4.69) is 16.0 Å². The summed E-state index contributed by atoms with van der Waals surface area (Å²) in [6, 6.07) is 20.6. The molecule has 2 aliphatic rings. The fraction of sp³-hybridized carbons (Fsp3) is 0.312. The Morgan fingerprint density at radius 2 is 1.07 bits per heavy atom. The third kappa shape index (κ3) is 6.98. The molecule has 0 saturated carbocycles. The molecule has 2 fully saturated rings. The fourth-order valence-corrected chi connectivity index (χ4v) is 5.49. The van der Waals surface area contributed by atoms with Crippen LogP contribution in [0.25, 0.3) is 0 Å². The summed E-state index contributed by atoms with van der Waals surface area (Å²) in [7, 11) is 0. The van der Waals surface area contributed by atoms with Crippen LogP contribution in [0.2, 0.25) is 0 Å². The van der Waals surface area contributed by atoms with Crippen LogP contribution in [-0.2, 0) is 38.4 Å². The van der Waals surface area contributed by atoms with Gasteiger partial charge in [-0.2, -0.15) is 0 Å². The number of fused-ring (bicyclic) bond motifs is 1. The number of rotatable bonds is 6. The summed E-state index contributed by atoms with van der Waals surface area (Å²) >= 11 is 0. The SMILES string of the molecule is O=C1N[C@H](Cc2ccc(F)cc2)C(=O)N[C@@H](Cc2ccccc2)C(=O)N2CCC[C@@H]2C(=O)N[C@H]1Cc1ccccc1. The Labute approximate surface area is 238 Å². The van der Waals surface area contributed by atoms with Gasteiger partial charge in [-0.25, -0.2) is 4.39 Å². The predicted molar refractivity (Wildman–Crippen MR) is 151 cm³/mol. The normalized spacial score (nSPS) is 23.5. The van der Waals surface area contributed by atoms with Crippen LogP contribution in [0.5, 0.6) is 0 Å². The van der Waals surface area contributed by atoms with Crippen molar-refractivity contribution >= 4 is 23.6 Å². The lowest BCUT2D eigenvalue weighted by Crippen LogP contribution is -2.62. The van der Waals surface area contributed by atoms with Gasteiger partial charge in [0.25, 0.3) is 0 Å². The number of amides is 4. The average Bonchev–Trinajstić information content (AvgIpc) is 3.48. The molecule has 0 aromatic heterocycles. The maximum absolute atomic E-state index is 13.9. The molecule has 212 valence electrons. The van der Waals surface area contributed by atoms with Crippen molar-refractivity contribution in [2.45, 2.75) is 56.3 Å². The first-order chi connectivity index (χ1) is 19.9. The lowest BCUT2D eigenvalue weighted by molar-refractivity contribution is -0.143. The molecule has 0 aliphatic carbocycles. The molecule has 2 aliphatic heterocycles. The second-order valence-electron chi connectivity index (χ2n) is 10.6. The summed E-state index contributed by atoms with van der Waals surface area (Å²) in [5.41, 5.74) is 2.32. The van der Waals surface area contributed by atoms with E-state index >= 15 is 0 Å². The second kappa shape index (κ2) is 12.8. The number of hydrogen-bond donors (Lipinski definition) is 3. The van der Waals surface area contributed by atoms with Crippen LogP contribution < -0.4 is 16.0 Å². The number of nitrogens with zero attached hydrogens (tertiary/aromatic N) is 1. The van der Waals surface area contributed by atoms with E-state index in [0.29, 0.717) is 24.9 Å². The van der Waals surface area contributed by atoms with Gasteiger partial charge in [-0.1, -0.05) is 72.8 Å². The molecule has 3 N–H and O–H groups in total. The molecule has 4 amide bonds. The predicted octanol–water partition coefficient (Wildman–Crippen LogP) is 2.31. The van der Waals surface area contributed by atoms with Gasteiger partial charge >= 0.3 is 0 Å². The van der Waals surface area contributed by atoms with Crippen LogP contribution in [0.15, 0.2) is 84.9 Å². The van der Waals surface area contributed by atoms with Crippen molar-refractivity contribution in [1.82, 2.24) is 20.9 Å². The largest absolute Gasteiger partial charge is 0.342 e. The van der Waals surface area contributed by atoms with E-state index in [9.17, 15) is 23.6 Å². The topological polar surface area (TPSA) is 108 Å². The van der Waals surface area contributed by atoms with Gasteiger partial charge in [0, 0.05) is 25.8 Å². The first-order valence-corrected chi connectivity index (χ1v) is 13.9.